The van der Waals surface area contributed by atoms with Crippen LogP contribution in [0.1, 0.15) is 60.3 Å². The van der Waals surface area contributed by atoms with Crippen LogP contribution in [-0.2, 0) is 17.9 Å². The molecule has 0 aliphatic carbocycles. The fourth-order valence-electron chi connectivity index (χ4n) is 6.10. The largest absolute Gasteiger partial charge is 0.325 e. The number of piperidine rings is 1. The molecular formula is C32H35N5O3. The summed E-state index contributed by atoms with van der Waals surface area (Å²) >= 11 is 0. The van der Waals surface area contributed by atoms with Gasteiger partial charge >= 0.3 is 0 Å². The first-order chi connectivity index (χ1) is 19.5. The average Bonchev–Trinajstić information content (AvgIpc) is 3.60. The first-order valence-corrected chi connectivity index (χ1v) is 14.3. The van der Waals surface area contributed by atoms with E-state index < -0.39 is 10.8 Å². The number of nitro benzene ring substituents is 1. The van der Waals surface area contributed by atoms with E-state index in [1.165, 1.54) is 55.4 Å². The number of fused-ring (bicyclic) bond motifs is 1. The van der Waals surface area contributed by atoms with Crippen molar-refractivity contribution in [3.05, 3.63) is 99.1 Å². The van der Waals surface area contributed by atoms with Crippen LogP contribution in [0.2, 0.25) is 0 Å². The third-order valence-corrected chi connectivity index (χ3v) is 8.25. The standard InChI is InChI=1S/C32H35N5O3/c38-32-30(28-20-27(37(39)40)14-15-29(28)34-32)31(25-10-6-23(7-11-25)21-35-16-2-1-3-17-35)33-26-12-8-24(9-13-26)22-36-18-4-5-19-36/h6-15,20,30H,1-5,16-19,21-22H2,(H,34,38). The molecule has 0 aromatic heterocycles. The number of carbonyl (C=O) groups is 1. The van der Waals surface area contributed by atoms with Crippen LogP contribution in [-0.4, -0.2) is 52.5 Å². The molecule has 1 N–H and O–H groups in total. The molecule has 1 unspecified atom stereocenters. The van der Waals surface area contributed by atoms with Crippen molar-refractivity contribution < 1.29 is 9.72 Å². The summed E-state index contributed by atoms with van der Waals surface area (Å²) in [5.41, 5.74) is 5.78. The summed E-state index contributed by atoms with van der Waals surface area (Å²) in [6, 6.07) is 21.0. The molecule has 8 nitrogen and oxygen atoms in total. The summed E-state index contributed by atoms with van der Waals surface area (Å²) in [7, 11) is 0. The van der Waals surface area contributed by atoms with Gasteiger partial charge in [-0.2, -0.15) is 0 Å². The molecule has 0 spiro atoms. The van der Waals surface area contributed by atoms with Gasteiger partial charge in [-0.1, -0.05) is 42.8 Å². The molecule has 0 radical (unpaired) electrons. The Balaban J connectivity index is 1.33. The van der Waals surface area contributed by atoms with Gasteiger partial charge in [0.15, 0.2) is 0 Å². The van der Waals surface area contributed by atoms with Crippen LogP contribution in [0.4, 0.5) is 17.1 Å². The summed E-state index contributed by atoms with van der Waals surface area (Å²) in [5, 5.41) is 14.4. The van der Waals surface area contributed by atoms with Crippen LogP contribution in [0.25, 0.3) is 0 Å². The molecule has 8 heteroatoms. The van der Waals surface area contributed by atoms with Gasteiger partial charge < -0.3 is 5.32 Å². The second kappa shape index (κ2) is 11.7. The van der Waals surface area contributed by atoms with Crippen LogP contribution in [0.15, 0.2) is 71.7 Å². The number of non-ortho nitro benzene ring substituents is 1. The molecule has 3 aliphatic rings. The van der Waals surface area contributed by atoms with E-state index in [1.54, 1.807) is 6.07 Å². The van der Waals surface area contributed by atoms with Crippen LogP contribution >= 0.6 is 0 Å². The third kappa shape index (κ3) is 5.83. The highest BCUT2D eigenvalue weighted by molar-refractivity contribution is 6.24. The lowest BCUT2D eigenvalue weighted by molar-refractivity contribution is -0.384. The van der Waals surface area contributed by atoms with Crippen molar-refractivity contribution in [1.82, 2.24) is 9.80 Å². The lowest BCUT2D eigenvalue weighted by Gasteiger charge is -2.26. The van der Waals surface area contributed by atoms with Crippen molar-refractivity contribution in [2.24, 2.45) is 4.99 Å². The van der Waals surface area contributed by atoms with Gasteiger partial charge in [-0.3, -0.25) is 29.7 Å². The molecule has 2 fully saturated rings. The molecule has 2 saturated heterocycles. The first-order valence-electron chi connectivity index (χ1n) is 14.3. The molecule has 1 atom stereocenters. The molecule has 3 aromatic carbocycles. The monoisotopic (exact) mass is 537 g/mol. The van der Waals surface area contributed by atoms with Crippen LogP contribution in [0.5, 0.6) is 0 Å². The predicted octanol–water partition coefficient (Wildman–Crippen LogP) is 6.03. The number of likely N-dealkylation sites (tertiary alicyclic amines) is 2. The molecule has 1 amide bonds. The van der Waals surface area contributed by atoms with E-state index in [2.05, 4.69) is 39.4 Å². The van der Waals surface area contributed by atoms with E-state index in [9.17, 15) is 14.9 Å². The number of anilines is 1. The van der Waals surface area contributed by atoms with Crippen LogP contribution in [0.3, 0.4) is 0 Å². The average molecular weight is 538 g/mol. The molecule has 3 aliphatic heterocycles. The fraction of sp³-hybridized carbons (Fsp3) is 0.375. The Morgan fingerprint density at radius 2 is 1.40 bits per heavy atom. The Morgan fingerprint density at radius 1 is 0.825 bits per heavy atom. The number of hydrogen-bond donors (Lipinski definition) is 1. The minimum atomic E-state index is -0.743. The van der Waals surface area contributed by atoms with Gasteiger partial charge in [-0.25, -0.2) is 0 Å². The Labute approximate surface area is 234 Å². The zero-order valence-corrected chi connectivity index (χ0v) is 22.7. The number of benzene rings is 3. The maximum Gasteiger partial charge on any atom is 0.269 e. The number of nitrogens with one attached hydrogen (secondary N) is 1. The van der Waals surface area contributed by atoms with E-state index in [0.717, 1.165) is 50.5 Å². The van der Waals surface area contributed by atoms with Gasteiger partial charge in [-0.05, 0) is 86.8 Å². The number of nitro groups is 1. The molecule has 3 heterocycles. The van der Waals surface area contributed by atoms with Gasteiger partial charge in [0.1, 0.15) is 5.92 Å². The van der Waals surface area contributed by atoms with Gasteiger partial charge in [0.05, 0.1) is 16.3 Å². The minimum Gasteiger partial charge on any atom is -0.325 e. The molecule has 40 heavy (non-hydrogen) atoms. The van der Waals surface area contributed by atoms with Gasteiger partial charge in [0, 0.05) is 36.5 Å². The van der Waals surface area contributed by atoms with Gasteiger partial charge in [-0.15, -0.1) is 0 Å². The summed E-state index contributed by atoms with van der Waals surface area (Å²) in [5.74, 6) is -0.968. The summed E-state index contributed by atoms with van der Waals surface area (Å²) < 4.78 is 0. The van der Waals surface area contributed by atoms with Crippen molar-refractivity contribution in [3.8, 4) is 0 Å². The fourth-order valence-corrected chi connectivity index (χ4v) is 6.10. The van der Waals surface area contributed by atoms with E-state index in [0.29, 0.717) is 17.0 Å². The smallest absolute Gasteiger partial charge is 0.269 e. The molecular weight excluding hydrogens is 502 g/mol. The number of hydrogen-bond acceptors (Lipinski definition) is 6. The quantitative estimate of drug-likeness (QED) is 0.215. The zero-order chi connectivity index (χ0) is 27.5. The Bertz CT molecular complexity index is 1410. The molecule has 0 saturated carbocycles. The molecule has 206 valence electrons. The molecule has 0 bridgehead atoms. The highest BCUT2D eigenvalue weighted by atomic mass is 16.6. The Morgan fingerprint density at radius 3 is 2.00 bits per heavy atom. The van der Waals surface area contributed by atoms with E-state index in [-0.39, 0.29) is 11.6 Å². The number of rotatable bonds is 8. The van der Waals surface area contributed by atoms with Gasteiger partial charge in [0.25, 0.3) is 5.69 Å². The SMILES string of the molecule is O=C1Nc2ccc([N+](=O)[O-])cc2C1C(=Nc1ccc(CN2CCCC2)cc1)c1ccc(CN2CCCCC2)cc1. The minimum absolute atomic E-state index is 0.0391. The second-order valence-corrected chi connectivity index (χ2v) is 11.1. The molecule has 6 rings (SSSR count). The highest BCUT2D eigenvalue weighted by Crippen LogP contribution is 2.38. The van der Waals surface area contributed by atoms with Crippen molar-refractivity contribution in [2.75, 3.05) is 31.5 Å². The summed E-state index contributed by atoms with van der Waals surface area (Å²) in [6.07, 6.45) is 6.30. The highest BCUT2D eigenvalue weighted by Gasteiger charge is 2.36. The molecule has 3 aromatic rings. The van der Waals surface area contributed by atoms with Crippen molar-refractivity contribution in [1.29, 1.82) is 0 Å². The van der Waals surface area contributed by atoms with E-state index in [4.69, 9.17) is 4.99 Å². The van der Waals surface area contributed by atoms with E-state index in [1.807, 2.05) is 24.3 Å². The van der Waals surface area contributed by atoms with Crippen LogP contribution in [0, 0.1) is 10.1 Å². The normalized spacial score (nSPS) is 19.9. The maximum atomic E-state index is 13.3. The number of amides is 1. The Hall–Kier alpha value is -3.88. The lowest BCUT2D eigenvalue weighted by atomic mass is 9.90. The lowest BCUT2D eigenvalue weighted by Crippen LogP contribution is -2.29. The predicted molar refractivity (Wildman–Crippen MR) is 157 cm³/mol. The van der Waals surface area contributed by atoms with Crippen molar-refractivity contribution in [2.45, 2.75) is 51.1 Å². The first kappa shape index (κ1) is 26.3. The summed E-state index contributed by atoms with van der Waals surface area (Å²) in [6.45, 7) is 6.36. The number of carbonyl (C=O) groups excluding carboxylic acids is 1. The third-order valence-electron chi connectivity index (χ3n) is 8.25. The second-order valence-electron chi connectivity index (χ2n) is 11.1. The van der Waals surface area contributed by atoms with Crippen molar-refractivity contribution >= 4 is 28.7 Å². The van der Waals surface area contributed by atoms with Gasteiger partial charge in [0.2, 0.25) is 5.91 Å². The van der Waals surface area contributed by atoms with E-state index >= 15 is 0 Å². The Kier molecular flexibility index (Phi) is 7.71. The summed E-state index contributed by atoms with van der Waals surface area (Å²) in [4.78, 5) is 34.4. The zero-order valence-electron chi connectivity index (χ0n) is 22.7. The number of aliphatic imine (C=N–C) groups is 1. The van der Waals surface area contributed by atoms with Crippen LogP contribution < -0.4 is 5.32 Å². The van der Waals surface area contributed by atoms with Crippen molar-refractivity contribution in [3.63, 3.8) is 0 Å². The topological polar surface area (TPSA) is 91.1 Å². The number of nitrogens with zero attached hydrogens (tertiary/aromatic N) is 4. The maximum absolute atomic E-state index is 13.3.